The monoisotopic (exact) mass is 365 g/mol. The fraction of sp³-hybridized carbons (Fsp3) is 0.375. The van der Waals surface area contributed by atoms with Gasteiger partial charge in [-0.2, -0.15) is 4.31 Å². The third-order valence-corrected chi connectivity index (χ3v) is 7.32. The standard InChI is InChI=1S/C16H19N3O3S2/c20-16(14-6-2-3-9-17-14)18-12-13-7-8-15(23-13)24(21,22)19-10-4-1-5-11-19/h2-3,6-9H,1,4-5,10-12H2,(H,18,20). The number of piperidine rings is 1. The van der Waals surface area contributed by atoms with Crippen LogP contribution in [-0.4, -0.2) is 36.7 Å². The minimum atomic E-state index is -3.41. The predicted octanol–water partition coefficient (Wildman–Crippen LogP) is 2.25. The number of thiophene rings is 1. The highest BCUT2D eigenvalue weighted by Gasteiger charge is 2.27. The fourth-order valence-electron chi connectivity index (χ4n) is 2.58. The molecule has 1 N–H and O–H groups in total. The molecule has 128 valence electrons. The number of carbonyl (C=O) groups excluding carboxylic acids is 1. The Balaban J connectivity index is 1.64. The molecular weight excluding hydrogens is 346 g/mol. The van der Waals surface area contributed by atoms with Gasteiger partial charge in [-0.1, -0.05) is 12.5 Å². The van der Waals surface area contributed by atoms with E-state index in [0.717, 1.165) is 24.1 Å². The van der Waals surface area contributed by atoms with E-state index >= 15 is 0 Å². The first kappa shape index (κ1) is 17.1. The molecule has 0 bridgehead atoms. The molecule has 6 nitrogen and oxygen atoms in total. The van der Waals surface area contributed by atoms with Crippen molar-refractivity contribution in [2.45, 2.75) is 30.0 Å². The number of amides is 1. The Hall–Kier alpha value is -1.77. The second kappa shape index (κ2) is 7.42. The lowest BCUT2D eigenvalue weighted by molar-refractivity contribution is 0.0946. The molecule has 0 atom stereocenters. The Morgan fingerprint density at radius 3 is 2.67 bits per heavy atom. The topological polar surface area (TPSA) is 79.4 Å². The Bertz CT molecular complexity index is 797. The highest BCUT2D eigenvalue weighted by molar-refractivity contribution is 7.91. The van der Waals surface area contributed by atoms with Crippen molar-refractivity contribution >= 4 is 27.3 Å². The molecule has 1 aliphatic rings. The van der Waals surface area contributed by atoms with Gasteiger partial charge in [0, 0.05) is 24.2 Å². The van der Waals surface area contributed by atoms with Crippen molar-refractivity contribution in [1.82, 2.24) is 14.6 Å². The molecule has 1 saturated heterocycles. The van der Waals surface area contributed by atoms with Crippen molar-refractivity contribution in [3.63, 3.8) is 0 Å². The van der Waals surface area contributed by atoms with E-state index in [1.165, 1.54) is 11.3 Å². The molecule has 2 aromatic rings. The molecule has 3 rings (SSSR count). The summed E-state index contributed by atoms with van der Waals surface area (Å²) in [5, 5.41) is 2.76. The lowest BCUT2D eigenvalue weighted by Gasteiger charge is -2.25. The first-order valence-corrected chi connectivity index (χ1v) is 10.1. The average Bonchev–Trinajstić information content (AvgIpc) is 3.11. The van der Waals surface area contributed by atoms with Crippen LogP contribution in [0.4, 0.5) is 0 Å². The Morgan fingerprint density at radius 2 is 1.96 bits per heavy atom. The molecule has 0 unspecified atom stereocenters. The highest BCUT2D eigenvalue weighted by atomic mass is 32.2. The number of carbonyl (C=O) groups is 1. The van der Waals surface area contributed by atoms with Crippen molar-refractivity contribution in [3.05, 3.63) is 47.1 Å². The van der Waals surface area contributed by atoms with Gasteiger partial charge in [-0.3, -0.25) is 9.78 Å². The van der Waals surface area contributed by atoms with Gasteiger partial charge in [0.05, 0.1) is 6.54 Å². The molecular formula is C16H19N3O3S2. The van der Waals surface area contributed by atoms with Crippen molar-refractivity contribution in [3.8, 4) is 0 Å². The van der Waals surface area contributed by atoms with Gasteiger partial charge in [-0.15, -0.1) is 11.3 Å². The average molecular weight is 365 g/mol. The number of nitrogens with zero attached hydrogens (tertiary/aromatic N) is 2. The maximum atomic E-state index is 12.6. The number of sulfonamides is 1. The van der Waals surface area contributed by atoms with Crippen LogP contribution in [0.2, 0.25) is 0 Å². The molecule has 0 radical (unpaired) electrons. The van der Waals surface area contributed by atoms with Gasteiger partial charge in [0.2, 0.25) is 0 Å². The van der Waals surface area contributed by atoms with Crippen molar-refractivity contribution in [2.24, 2.45) is 0 Å². The molecule has 3 heterocycles. The smallest absolute Gasteiger partial charge is 0.270 e. The van der Waals surface area contributed by atoms with Crippen LogP contribution >= 0.6 is 11.3 Å². The summed E-state index contributed by atoms with van der Waals surface area (Å²) in [6.45, 7) is 1.47. The SMILES string of the molecule is O=C(NCc1ccc(S(=O)(=O)N2CCCCC2)s1)c1ccccn1. The molecule has 0 saturated carbocycles. The summed E-state index contributed by atoms with van der Waals surface area (Å²) in [5.74, 6) is -0.274. The van der Waals surface area contributed by atoms with E-state index < -0.39 is 10.0 Å². The van der Waals surface area contributed by atoms with Gasteiger partial charge >= 0.3 is 0 Å². The summed E-state index contributed by atoms with van der Waals surface area (Å²) >= 11 is 1.21. The third kappa shape index (κ3) is 3.82. The van der Waals surface area contributed by atoms with Crippen LogP contribution in [0.5, 0.6) is 0 Å². The molecule has 1 aliphatic heterocycles. The molecule has 0 aromatic carbocycles. The van der Waals surface area contributed by atoms with Gasteiger partial charge in [0.1, 0.15) is 9.90 Å². The van der Waals surface area contributed by atoms with Gasteiger partial charge in [0.25, 0.3) is 15.9 Å². The number of hydrogen-bond donors (Lipinski definition) is 1. The fourth-order valence-corrected chi connectivity index (χ4v) is 5.55. The summed E-state index contributed by atoms with van der Waals surface area (Å²) in [6, 6.07) is 8.50. The highest BCUT2D eigenvalue weighted by Crippen LogP contribution is 2.27. The van der Waals surface area contributed by atoms with Gasteiger partial charge < -0.3 is 5.32 Å². The minimum Gasteiger partial charge on any atom is -0.346 e. The summed E-state index contributed by atoms with van der Waals surface area (Å²) in [4.78, 5) is 16.8. The van der Waals surface area contributed by atoms with Crippen LogP contribution in [0, 0.1) is 0 Å². The van der Waals surface area contributed by atoms with Crippen molar-refractivity contribution in [2.75, 3.05) is 13.1 Å². The van der Waals surface area contributed by atoms with Crippen LogP contribution in [0.15, 0.2) is 40.7 Å². The summed E-state index contributed by atoms with van der Waals surface area (Å²) < 4.78 is 27.1. The molecule has 1 amide bonds. The molecule has 1 fully saturated rings. The maximum absolute atomic E-state index is 12.6. The Morgan fingerprint density at radius 1 is 1.17 bits per heavy atom. The van der Waals surface area contributed by atoms with Crippen molar-refractivity contribution in [1.29, 1.82) is 0 Å². The first-order chi connectivity index (χ1) is 11.6. The largest absolute Gasteiger partial charge is 0.346 e. The zero-order valence-electron chi connectivity index (χ0n) is 13.1. The first-order valence-electron chi connectivity index (χ1n) is 7.85. The van der Waals surface area contributed by atoms with Crippen LogP contribution in [0.25, 0.3) is 0 Å². The zero-order valence-corrected chi connectivity index (χ0v) is 14.8. The van der Waals surface area contributed by atoms with Gasteiger partial charge in [-0.25, -0.2) is 8.42 Å². The summed E-state index contributed by atoms with van der Waals surface area (Å²) in [5.41, 5.74) is 0.343. The van der Waals surface area contributed by atoms with E-state index in [2.05, 4.69) is 10.3 Å². The lowest BCUT2D eigenvalue weighted by atomic mass is 10.2. The normalized spacial score (nSPS) is 16.0. The molecule has 24 heavy (non-hydrogen) atoms. The van der Waals surface area contributed by atoms with Gasteiger partial charge in [0.15, 0.2) is 0 Å². The van der Waals surface area contributed by atoms with E-state index in [4.69, 9.17) is 0 Å². The number of nitrogens with one attached hydrogen (secondary N) is 1. The zero-order chi connectivity index (χ0) is 17.0. The Labute approximate surface area is 145 Å². The van der Waals surface area contributed by atoms with Crippen molar-refractivity contribution < 1.29 is 13.2 Å². The number of aromatic nitrogens is 1. The number of pyridine rings is 1. The van der Waals surface area contributed by atoms with E-state index in [1.807, 2.05) is 0 Å². The van der Waals surface area contributed by atoms with E-state index in [-0.39, 0.29) is 12.5 Å². The molecule has 0 spiro atoms. The van der Waals surface area contributed by atoms with Crippen LogP contribution in [0.1, 0.15) is 34.6 Å². The number of hydrogen-bond acceptors (Lipinski definition) is 5. The summed E-state index contributed by atoms with van der Waals surface area (Å²) in [6.07, 6.45) is 4.47. The Kier molecular flexibility index (Phi) is 5.27. The molecule has 0 aliphatic carbocycles. The second-order valence-electron chi connectivity index (χ2n) is 5.58. The van der Waals surface area contributed by atoms with Gasteiger partial charge in [-0.05, 0) is 37.1 Å². The molecule has 8 heteroatoms. The predicted molar refractivity (Wildman–Crippen MR) is 92.3 cm³/mol. The molecule has 2 aromatic heterocycles. The summed E-state index contributed by atoms with van der Waals surface area (Å²) in [7, 11) is -3.41. The third-order valence-electron chi connectivity index (χ3n) is 3.87. The van der Waals surface area contributed by atoms with E-state index in [9.17, 15) is 13.2 Å². The van der Waals surface area contributed by atoms with Crippen LogP contribution < -0.4 is 5.32 Å². The number of rotatable bonds is 5. The minimum absolute atomic E-state index is 0.274. The van der Waals surface area contributed by atoms with E-state index in [0.29, 0.717) is 23.0 Å². The van der Waals surface area contributed by atoms with Crippen LogP contribution in [0.3, 0.4) is 0 Å². The maximum Gasteiger partial charge on any atom is 0.270 e. The van der Waals surface area contributed by atoms with E-state index in [1.54, 1.807) is 40.8 Å². The van der Waals surface area contributed by atoms with Crippen LogP contribution in [-0.2, 0) is 16.6 Å². The lowest BCUT2D eigenvalue weighted by Crippen LogP contribution is -2.35. The quantitative estimate of drug-likeness (QED) is 0.881. The second-order valence-corrected chi connectivity index (χ2v) is 8.92.